The minimum Gasteiger partial charge on any atom is -0.357 e. The second-order valence-corrected chi connectivity index (χ2v) is 7.49. The molecular formula is C23H30N6. The van der Waals surface area contributed by atoms with E-state index in [1.54, 1.807) is 0 Å². The van der Waals surface area contributed by atoms with Gasteiger partial charge < -0.3 is 14.8 Å². The van der Waals surface area contributed by atoms with Gasteiger partial charge in [-0.2, -0.15) is 0 Å². The van der Waals surface area contributed by atoms with E-state index in [0.717, 1.165) is 62.1 Å². The van der Waals surface area contributed by atoms with Crippen molar-refractivity contribution in [3.05, 3.63) is 66.0 Å². The van der Waals surface area contributed by atoms with Crippen LogP contribution in [0.1, 0.15) is 18.3 Å². The highest BCUT2D eigenvalue weighted by atomic mass is 15.3. The Morgan fingerprint density at radius 1 is 1.00 bits per heavy atom. The minimum absolute atomic E-state index is 0.581. The van der Waals surface area contributed by atoms with Crippen LogP contribution in [0.15, 0.2) is 59.6 Å². The van der Waals surface area contributed by atoms with Crippen LogP contribution in [0, 0.1) is 0 Å². The highest BCUT2D eigenvalue weighted by molar-refractivity contribution is 5.80. The zero-order valence-electron chi connectivity index (χ0n) is 17.4. The molecule has 1 fully saturated rings. The van der Waals surface area contributed by atoms with Gasteiger partial charge in [0.25, 0.3) is 0 Å². The fraction of sp³-hybridized carbons (Fsp3) is 0.391. The first kappa shape index (κ1) is 19.5. The largest absolute Gasteiger partial charge is 0.357 e. The molecule has 152 valence electrons. The lowest BCUT2D eigenvalue weighted by molar-refractivity contribution is 0.172. The summed E-state index contributed by atoms with van der Waals surface area (Å²) in [6.45, 7) is 8.65. The summed E-state index contributed by atoms with van der Waals surface area (Å²) in [6, 6.07) is 18.9. The van der Waals surface area contributed by atoms with E-state index in [4.69, 9.17) is 9.98 Å². The number of nitrogens with zero attached hydrogens (tertiary/aromatic N) is 5. The van der Waals surface area contributed by atoms with Gasteiger partial charge in [0.2, 0.25) is 0 Å². The van der Waals surface area contributed by atoms with Gasteiger partial charge in [-0.3, -0.25) is 4.90 Å². The molecule has 6 heteroatoms. The lowest BCUT2D eigenvalue weighted by Crippen LogP contribution is -2.52. The Morgan fingerprint density at radius 3 is 2.45 bits per heavy atom. The number of benzene rings is 2. The van der Waals surface area contributed by atoms with Crippen molar-refractivity contribution in [1.82, 2.24) is 24.7 Å². The molecule has 4 rings (SSSR count). The molecule has 2 heterocycles. The topological polar surface area (TPSA) is 48.7 Å². The molecule has 0 aliphatic carbocycles. The number of hydrogen-bond donors (Lipinski definition) is 1. The van der Waals surface area contributed by atoms with Gasteiger partial charge >= 0.3 is 0 Å². The van der Waals surface area contributed by atoms with Crippen LogP contribution < -0.4 is 5.32 Å². The average Bonchev–Trinajstić information content (AvgIpc) is 3.08. The average molecular weight is 391 g/mol. The predicted octanol–water partition coefficient (Wildman–Crippen LogP) is 2.86. The number of guanidine groups is 1. The number of aryl methyl sites for hydroxylation is 1. The number of hydrogen-bond acceptors (Lipinski definition) is 3. The molecule has 0 bridgehead atoms. The Hall–Kier alpha value is -2.86. The predicted molar refractivity (Wildman–Crippen MR) is 119 cm³/mol. The van der Waals surface area contributed by atoms with Gasteiger partial charge in [0.15, 0.2) is 5.96 Å². The number of imidazole rings is 1. The summed E-state index contributed by atoms with van der Waals surface area (Å²) in [7, 11) is 2.06. The molecule has 0 unspecified atom stereocenters. The Bertz CT molecular complexity index is 954. The number of nitrogens with one attached hydrogen (secondary N) is 1. The highest BCUT2D eigenvalue weighted by Crippen LogP contribution is 2.15. The van der Waals surface area contributed by atoms with Crippen molar-refractivity contribution in [2.45, 2.75) is 20.0 Å². The van der Waals surface area contributed by atoms with Crippen molar-refractivity contribution in [3.8, 4) is 0 Å². The van der Waals surface area contributed by atoms with Crippen LogP contribution in [0.25, 0.3) is 11.0 Å². The van der Waals surface area contributed by atoms with Crippen LogP contribution in [0.2, 0.25) is 0 Å². The molecule has 1 aliphatic rings. The molecule has 1 saturated heterocycles. The lowest BCUT2D eigenvalue weighted by Gasteiger charge is -2.36. The number of para-hydroxylation sites is 2. The molecule has 0 saturated carbocycles. The number of rotatable bonds is 5. The van der Waals surface area contributed by atoms with Gasteiger partial charge in [0.05, 0.1) is 11.0 Å². The molecule has 0 spiro atoms. The van der Waals surface area contributed by atoms with Crippen molar-refractivity contribution in [2.75, 3.05) is 32.7 Å². The van der Waals surface area contributed by atoms with E-state index in [1.807, 2.05) is 6.07 Å². The summed E-state index contributed by atoms with van der Waals surface area (Å²) < 4.78 is 2.14. The number of fused-ring (bicyclic) bond motifs is 1. The zero-order chi connectivity index (χ0) is 20.1. The van der Waals surface area contributed by atoms with Crippen molar-refractivity contribution < 1.29 is 0 Å². The third-order valence-corrected chi connectivity index (χ3v) is 5.51. The third kappa shape index (κ3) is 4.59. The van der Waals surface area contributed by atoms with E-state index in [2.05, 4.69) is 82.2 Å². The summed E-state index contributed by atoms with van der Waals surface area (Å²) in [5, 5.41) is 3.46. The van der Waals surface area contributed by atoms with Gasteiger partial charge in [-0.15, -0.1) is 0 Å². The zero-order valence-corrected chi connectivity index (χ0v) is 17.4. The Balaban J connectivity index is 1.40. The van der Waals surface area contributed by atoms with E-state index in [9.17, 15) is 0 Å². The summed E-state index contributed by atoms with van der Waals surface area (Å²) >= 11 is 0. The molecule has 0 radical (unpaired) electrons. The van der Waals surface area contributed by atoms with Crippen molar-refractivity contribution in [2.24, 2.45) is 12.0 Å². The molecule has 0 amide bonds. The van der Waals surface area contributed by atoms with E-state index in [0.29, 0.717) is 6.54 Å². The monoisotopic (exact) mass is 390 g/mol. The van der Waals surface area contributed by atoms with Crippen LogP contribution in [0.5, 0.6) is 0 Å². The number of aliphatic imine (C=N–C) groups is 1. The molecule has 1 N–H and O–H groups in total. The summed E-state index contributed by atoms with van der Waals surface area (Å²) in [6.07, 6.45) is 0. The standard InChI is InChI=1S/C23H30N6/c1-3-24-23(25-17-22-26-20-11-7-8-12-21(20)27(22)2)29-15-13-28(14-16-29)18-19-9-5-4-6-10-19/h4-12H,3,13-18H2,1-2H3,(H,24,25). The summed E-state index contributed by atoms with van der Waals surface area (Å²) in [5.41, 5.74) is 3.56. The Morgan fingerprint density at radius 2 is 1.72 bits per heavy atom. The fourth-order valence-electron chi connectivity index (χ4n) is 3.87. The first-order valence-electron chi connectivity index (χ1n) is 10.4. The third-order valence-electron chi connectivity index (χ3n) is 5.51. The van der Waals surface area contributed by atoms with Gasteiger partial charge in [-0.1, -0.05) is 42.5 Å². The van der Waals surface area contributed by atoms with Gasteiger partial charge in [-0.05, 0) is 24.6 Å². The molecule has 2 aromatic carbocycles. The number of piperazine rings is 1. The molecule has 3 aromatic rings. The minimum atomic E-state index is 0.581. The van der Waals surface area contributed by atoms with Gasteiger partial charge in [0, 0.05) is 46.3 Å². The normalized spacial score (nSPS) is 15.8. The van der Waals surface area contributed by atoms with Crippen LogP contribution in [0.3, 0.4) is 0 Å². The second-order valence-electron chi connectivity index (χ2n) is 7.49. The van der Waals surface area contributed by atoms with Gasteiger partial charge in [0.1, 0.15) is 12.4 Å². The highest BCUT2D eigenvalue weighted by Gasteiger charge is 2.20. The maximum atomic E-state index is 4.90. The molecule has 1 aromatic heterocycles. The SMILES string of the molecule is CCNC(=NCc1nc2ccccc2n1C)N1CCN(Cc2ccccc2)CC1. The van der Waals surface area contributed by atoms with Crippen molar-refractivity contribution >= 4 is 17.0 Å². The van der Waals surface area contributed by atoms with Gasteiger partial charge in [-0.25, -0.2) is 9.98 Å². The molecule has 6 nitrogen and oxygen atoms in total. The van der Waals surface area contributed by atoms with E-state index in [-0.39, 0.29) is 0 Å². The maximum Gasteiger partial charge on any atom is 0.194 e. The molecule has 29 heavy (non-hydrogen) atoms. The van der Waals surface area contributed by atoms with Crippen LogP contribution in [-0.2, 0) is 20.1 Å². The Labute approximate surface area is 172 Å². The molecule has 0 atom stereocenters. The van der Waals surface area contributed by atoms with Crippen molar-refractivity contribution in [3.63, 3.8) is 0 Å². The van der Waals surface area contributed by atoms with E-state index in [1.165, 1.54) is 5.56 Å². The Kier molecular flexibility index (Phi) is 6.10. The fourth-order valence-corrected chi connectivity index (χ4v) is 3.87. The first-order valence-corrected chi connectivity index (χ1v) is 10.4. The maximum absolute atomic E-state index is 4.90. The van der Waals surface area contributed by atoms with Crippen LogP contribution in [0.4, 0.5) is 0 Å². The van der Waals surface area contributed by atoms with E-state index < -0.39 is 0 Å². The first-order chi connectivity index (χ1) is 14.2. The van der Waals surface area contributed by atoms with E-state index >= 15 is 0 Å². The van der Waals surface area contributed by atoms with Crippen LogP contribution >= 0.6 is 0 Å². The second kappa shape index (κ2) is 9.09. The smallest absolute Gasteiger partial charge is 0.194 e. The quantitative estimate of drug-likeness (QED) is 0.538. The molecule has 1 aliphatic heterocycles. The molecular weight excluding hydrogens is 360 g/mol. The summed E-state index contributed by atoms with van der Waals surface area (Å²) in [4.78, 5) is 14.5. The van der Waals surface area contributed by atoms with Crippen molar-refractivity contribution in [1.29, 1.82) is 0 Å². The summed E-state index contributed by atoms with van der Waals surface area (Å²) in [5.74, 6) is 1.98. The van der Waals surface area contributed by atoms with Crippen LogP contribution in [-0.4, -0.2) is 58.0 Å². The number of aromatic nitrogens is 2. The lowest BCUT2D eigenvalue weighted by atomic mass is 10.2.